The quantitative estimate of drug-likeness (QED) is 0.887. The van der Waals surface area contributed by atoms with E-state index in [4.69, 9.17) is 23.2 Å². The van der Waals surface area contributed by atoms with Crippen molar-refractivity contribution in [2.75, 3.05) is 7.05 Å². The molecule has 0 amide bonds. The van der Waals surface area contributed by atoms with Crippen molar-refractivity contribution in [3.05, 3.63) is 45.7 Å². The number of rotatable bonds is 6. The maximum absolute atomic E-state index is 6.24. The molecule has 6 heteroatoms. The van der Waals surface area contributed by atoms with Crippen LogP contribution in [-0.2, 0) is 13.0 Å². The van der Waals surface area contributed by atoms with E-state index in [1.165, 1.54) is 0 Å². The minimum absolute atomic E-state index is 0.0777. The predicted molar refractivity (Wildman–Crippen MR) is 82.3 cm³/mol. The molecule has 0 aliphatic carbocycles. The Morgan fingerprint density at radius 1 is 1.30 bits per heavy atom. The Hall–Kier alpha value is -1.10. The van der Waals surface area contributed by atoms with Gasteiger partial charge in [-0.3, -0.25) is 0 Å². The molecule has 1 aromatic carbocycles. The zero-order chi connectivity index (χ0) is 14.5. The van der Waals surface area contributed by atoms with E-state index in [1.54, 1.807) is 6.20 Å². The van der Waals surface area contributed by atoms with Gasteiger partial charge in [0, 0.05) is 16.6 Å². The highest BCUT2D eigenvalue weighted by Gasteiger charge is 2.18. The number of nitrogens with one attached hydrogen (secondary N) is 1. The molecule has 0 radical (unpaired) electrons. The van der Waals surface area contributed by atoms with Gasteiger partial charge >= 0.3 is 0 Å². The first-order valence-electron chi connectivity index (χ1n) is 6.65. The first-order chi connectivity index (χ1) is 9.67. The number of halogens is 2. The number of benzene rings is 1. The van der Waals surface area contributed by atoms with E-state index in [-0.39, 0.29) is 6.04 Å². The van der Waals surface area contributed by atoms with Crippen LogP contribution in [0.3, 0.4) is 0 Å². The topological polar surface area (TPSA) is 42.7 Å². The van der Waals surface area contributed by atoms with Crippen molar-refractivity contribution in [2.24, 2.45) is 0 Å². The molecule has 4 nitrogen and oxygen atoms in total. The lowest BCUT2D eigenvalue weighted by atomic mass is 10.0. The second kappa shape index (κ2) is 7.07. The summed E-state index contributed by atoms with van der Waals surface area (Å²) in [6.07, 6.45) is 3.51. The van der Waals surface area contributed by atoms with E-state index < -0.39 is 0 Å². The second-order valence-electron chi connectivity index (χ2n) is 4.63. The fourth-order valence-corrected chi connectivity index (χ4v) is 2.76. The molecule has 108 valence electrons. The van der Waals surface area contributed by atoms with Crippen LogP contribution in [0.25, 0.3) is 0 Å². The molecule has 1 heterocycles. The van der Waals surface area contributed by atoms with Crippen molar-refractivity contribution in [3.63, 3.8) is 0 Å². The summed E-state index contributed by atoms with van der Waals surface area (Å²) in [5.74, 6) is 0. The Morgan fingerprint density at radius 3 is 2.60 bits per heavy atom. The van der Waals surface area contributed by atoms with E-state index in [0.29, 0.717) is 16.5 Å². The molecule has 2 aromatic rings. The molecule has 0 fully saturated rings. The maximum atomic E-state index is 6.24. The van der Waals surface area contributed by atoms with Crippen LogP contribution in [0, 0.1) is 0 Å². The van der Waals surface area contributed by atoms with Gasteiger partial charge in [-0.1, -0.05) is 41.4 Å². The average molecular weight is 313 g/mol. The molecular weight excluding hydrogens is 295 g/mol. The average Bonchev–Trinajstić information content (AvgIpc) is 2.87. The summed E-state index contributed by atoms with van der Waals surface area (Å²) in [6.45, 7) is 2.97. The molecule has 1 atom stereocenters. The van der Waals surface area contributed by atoms with Gasteiger partial charge in [-0.05, 0) is 37.6 Å². The van der Waals surface area contributed by atoms with Gasteiger partial charge in [-0.15, -0.1) is 5.10 Å². The molecule has 0 bridgehead atoms. The standard InChI is InChI=1S/C14H18Cl2N4/c1-3-7-20-14(9-18-19-20)13(17-2)8-10-11(15)5-4-6-12(10)16/h4-6,9,13,17H,3,7-8H2,1-2H3. The van der Waals surface area contributed by atoms with E-state index in [0.717, 1.165) is 24.2 Å². The summed E-state index contributed by atoms with van der Waals surface area (Å²) in [4.78, 5) is 0. The summed E-state index contributed by atoms with van der Waals surface area (Å²) >= 11 is 12.5. The van der Waals surface area contributed by atoms with Crippen LogP contribution < -0.4 is 5.32 Å². The molecule has 1 aromatic heterocycles. The molecule has 0 spiro atoms. The lowest BCUT2D eigenvalue weighted by Gasteiger charge is -2.18. The van der Waals surface area contributed by atoms with Gasteiger partial charge in [-0.25, -0.2) is 4.68 Å². The first kappa shape index (κ1) is 15.3. The summed E-state index contributed by atoms with van der Waals surface area (Å²) in [5.41, 5.74) is 1.99. The second-order valence-corrected chi connectivity index (χ2v) is 5.44. The van der Waals surface area contributed by atoms with Crippen molar-refractivity contribution in [1.29, 1.82) is 0 Å². The predicted octanol–water partition coefficient (Wildman–Crippen LogP) is 3.50. The normalized spacial score (nSPS) is 12.6. The zero-order valence-electron chi connectivity index (χ0n) is 11.6. The molecule has 20 heavy (non-hydrogen) atoms. The van der Waals surface area contributed by atoms with E-state index in [9.17, 15) is 0 Å². The van der Waals surface area contributed by atoms with Crippen LogP contribution in [0.5, 0.6) is 0 Å². The molecule has 2 rings (SSSR count). The molecule has 1 unspecified atom stereocenters. The lowest BCUT2D eigenvalue weighted by molar-refractivity contribution is 0.490. The smallest absolute Gasteiger partial charge is 0.0759 e. The maximum Gasteiger partial charge on any atom is 0.0759 e. The van der Waals surface area contributed by atoms with Crippen LogP contribution in [0.15, 0.2) is 24.4 Å². The van der Waals surface area contributed by atoms with Gasteiger partial charge in [0.2, 0.25) is 0 Å². The zero-order valence-corrected chi connectivity index (χ0v) is 13.1. The van der Waals surface area contributed by atoms with E-state index in [2.05, 4.69) is 22.6 Å². The van der Waals surface area contributed by atoms with Gasteiger partial charge in [0.25, 0.3) is 0 Å². The monoisotopic (exact) mass is 312 g/mol. The number of likely N-dealkylation sites (N-methyl/N-ethyl adjacent to an activating group) is 1. The van der Waals surface area contributed by atoms with Crippen LogP contribution in [0.2, 0.25) is 10.0 Å². The van der Waals surface area contributed by atoms with E-state index >= 15 is 0 Å². The Kier molecular flexibility index (Phi) is 5.40. The summed E-state index contributed by atoms with van der Waals surface area (Å²) in [5, 5.41) is 12.8. The Morgan fingerprint density at radius 2 is 2.00 bits per heavy atom. The minimum Gasteiger partial charge on any atom is -0.311 e. The minimum atomic E-state index is 0.0777. The third kappa shape index (κ3) is 3.32. The number of aryl methyl sites for hydroxylation is 1. The molecule has 0 saturated carbocycles. The molecule has 0 aliphatic heterocycles. The third-order valence-corrected chi connectivity index (χ3v) is 3.97. The Labute approximate surface area is 129 Å². The number of aromatic nitrogens is 3. The summed E-state index contributed by atoms with van der Waals surface area (Å²) in [6, 6.07) is 5.65. The van der Waals surface area contributed by atoms with Crippen LogP contribution >= 0.6 is 23.2 Å². The summed E-state index contributed by atoms with van der Waals surface area (Å²) < 4.78 is 1.92. The molecule has 1 N–H and O–H groups in total. The van der Waals surface area contributed by atoms with Gasteiger partial charge < -0.3 is 5.32 Å². The van der Waals surface area contributed by atoms with Gasteiger partial charge in [0.1, 0.15) is 0 Å². The van der Waals surface area contributed by atoms with Crippen LogP contribution in [-0.4, -0.2) is 22.0 Å². The van der Waals surface area contributed by atoms with Crippen LogP contribution in [0.4, 0.5) is 0 Å². The SMILES string of the molecule is CCCn1nncc1C(Cc1c(Cl)cccc1Cl)NC. The molecule has 0 aliphatic rings. The number of nitrogens with zero attached hydrogens (tertiary/aromatic N) is 3. The van der Waals surface area contributed by atoms with Gasteiger partial charge in [-0.2, -0.15) is 0 Å². The van der Waals surface area contributed by atoms with Gasteiger partial charge in [0.15, 0.2) is 0 Å². The van der Waals surface area contributed by atoms with Crippen molar-refractivity contribution < 1.29 is 0 Å². The van der Waals surface area contributed by atoms with Crippen molar-refractivity contribution in [2.45, 2.75) is 32.4 Å². The van der Waals surface area contributed by atoms with Crippen LogP contribution in [0.1, 0.15) is 30.6 Å². The van der Waals surface area contributed by atoms with Crippen molar-refractivity contribution in [3.8, 4) is 0 Å². The van der Waals surface area contributed by atoms with Crippen molar-refractivity contribution >= 4 is 23.2 Å². The number of hydrogen-bond acceptors (Lipinski definition) is 3. The summed E-state index contributed by atoms with van der Waals surface area (Å²) in [7, 11) is 1.92. The Balaban J connectivity index is 2.27. The fraction of sp³-hybridized carbons (Fsp3) is 0.429. The molecule has 0 saturated heterocycles. The molecular formula is C14H18Cl2N4. The lowest BCUT2D eigenvalue weighted by Crippen LogP contribution is -2.23. The largest absolute Gasteiger partial charge is 0.311 e. The number of hydrogen-bond donors (Lipinski definition) is 1. The highest BCUT2D eigenvalue weighted by molar-refractivity contribution is 6.36. The first-order valence-corrected chi connectivity index (χ1v) is 7.41. The third-order valence-electron chi connectivity index (χ3n) is 3.26. The Bertz CT molecular complexity index is 548. The van der Waals surface area contributed by atoms with E-state index in [1.807, 2.05) is 29.9 Å². The highest BCUT2D eigenvalue weighted by Crippen LogP contribution is 2.29. The highest BCUT2D eigenvalue weighted by atomic mass is 35.5. The fourth-order valence-electron chi connectivity index (χ4n) is 2.21. The van der Waals surface area contributed by atoms with Gasteiger partial charge in [0.05, 0.1) is 17.9 Å². The van der Waals surface area contributed by atoms with Crippen molar-refractivity contribution in [1.82, 2.24) is 20.3 Å².